The van der Waals surface area contributed by atoms with E-state index in [-0.39, 0.29) is 11.4 Å². The number of hydrogen-bond acceptors (Lipinski definition) is 4. The minimum atomic E-state index is -0.986. The number of anilines is 1. The van der Waals surface area contributed by atoms with E-state index in [0.717, 1.165) is 5.56 Å². The van der Waals surface area contributed by atoms with Crippen molar-refractivity contribution in [3.05, 3.63) is 83.8 Å². The normalized spacial score (nSPS) is 10.9. The number of nitrogens with one attached hydrogen (secondary N) is 1. The number of hydrogen-bond donors (Lipinski definition) is 2. The highest BCUT2D eigenvalue weighted by atomic mass is 19.1. The van der Waals surface area contributed by atoms with Crippen molar-refractivity contribution in [1.82, 2.24) is 14.6 Å². The predicted octanol–water partition coefficient (Wildman–Crippen LogP) is 3.85. The number of carboxylic acids is 1. The molecule has 0 spiro atoms. The summed E-state index contributed by atoms with van der Waals surface area (Å²) < 4.78 is 14.7. The highest BCUT2D eigenvalue weighted by Gasteiger charge is 2.10. The molecule has 2 aromatic carbocycles. The van der Waals surface area contributed by atoms with Gasteiger partial charge in [0.25, 0.3) is 0 Å². The lowest BCUT2D eigenvalue weighted by molar-refractivity contribution is 0.0697. The molecule has 134 valence electrons. The Bertz CT molecular complexity index is 1120. The van der Waals surface area contributed by atoms with Gasteiger partial charge in [-0.1, -0.05) is 24.3 Å². The highest BCUT2D eigenvalue weighted by molar-refractivity contribution is 5.89. The molecule has 2 aromatic heterocycles. The van der Waals surface area contributed by atoms with Gasteiger partial charge in [0.15, 0.2) is 5.65 Å². The maximum atomic E-state index is 13.0. The molecule has 0 aliphatic rings. The van der Waals surface area contributed by atoms with E-state index in [9.17, 15) is 14.3 Å². The Kier molecular flexibility index (Phi) is 4.25. The fraction of sp³-hybridized carbons (Fsp3) is 0.0500. The molecule has 0 amide bonds. The van der Waals surface area contributed by atoms with Crippen molar-refractivity contribution >= 4 is 17.4 Å². The van der Waals surface area contributed by atoms with Gasteiger partial charge < -0.3 is 10.4 Å². The second-order valence-electron chi connectivity index (χ2n) is 6.00. The number of benzene rings is 2. The van der Waals surface area contributed by atoms with E-state index < -0.39 is 5.97 Å². The third-order valence-electron chi connectivity index (χ3n) is 4.15. The van der Waals surface area contributed by atoms with Crippen LogP contribution in [0.25, 0.3) is 16.9 Å². The zero-order valence-electron chi connectivity index (χ0n) is 14.1. The lowest BCUT2D eigenvalue weighted by Gasteiger charge is -2.08. The third kappa shape index (κ3) is 3.48. The fourth-order valence-electron chi connectivity index (χ4n) is 2.77. The van der Waals surface area contributed by atoms with E-state index in [1.807, 2.05) is 18.2 Å². The smallest absolute Gasteiger partial charge is 0.335 e. The summed E-state index contributed by atoms with van der Waals surface area (Å²) in [7, 11) is 0. The van der Waals surface area contributed by atoms with Crippen LogP contribution in [-0.2, 0) is 6.54 Å². The Morgan fingerprint density at radius 2 is 1.93 bits per heavy atom. The van der Waals surface area contributed by atoms with Gasteiger partial charge >= 0.3 is 5.97 Å². The number of fused-ring (bicyclic) bond motifs is 1. The van der Waals surface area contributed by atoms with Crippen LogP contribution in [0, 0.1) is 5.82 Å². The number of carboxylic acid groups (broad SMARTS) is 1. The molecular weight excluding hydrogens is 347 g/mol. The number of aromatic nitrogens is 3. The van der Waals surface area contributed by atoms with Gasteiger partial charge in [0.2, 0.25) is 0 Å². The lowest BCUT2D eigenvalue weighted by Crippen LogP contribution is -2.05. The van der Waals surface area contributed by atoms with Gasteiger partial charge in [-0.3, -0.25) is 0 Å². The number of carbonyl (C=O) groups is 1. The maximum absolute atomic E-state index is 13.0. The van der Waals surface area contributed by atoms with Crippen molar-refractivity contribution in [3.63, 3.8) is 0 Å². The molecule has 7 heteroatoms. The topological polar surface area (TPSA) is 79.5 Å². The van der Waals surface area contributed by atoms with Crippen molar-refractivity contribution in [1.29, 1.82) is 0 Å². The van der Waals surface area contributed by atoms with Crippen LogP contribution in [0.3, 0.4) is 0 Å². The number of aromatic carboxylic acids is 1. The average molecular weight is 362 g/mol. The van der Waals surface area contributed by atoms with Crippen LogP contribution in [0.15, 0.2) is 66.9 Å². The van der Waals surface area contributed by atoms with Crippen LogP contribution in [0.1, 0.15) is 15.9 Å². The predicted molar refractivity (Wildman–Crippen MR) is 99.1 cm³/mol. The standard InChI is InChI=1S/C20H15FN4O2/c21-16-6-4-13(5-7-16)11-22-18-8-9-19-23-12-17(25(19)24-18)14-2-1-3-15(10-14)20(26)27/h1-10,12H,11H2,(H,22,24)(H,26,27). The second-order valence-corrected chi connectivity index (χ2v) is 6.00. The largest absolute Gasteiger partial charge is 0.478 e. The summed E-state index contributed by atoms with van der Waals surface area (Å²) in [5, 5.41) is 16.9. The second kappa shape index (κ2) is 6.87. The van der Waals surface area contributed by atoms with Crippen LogP contribution < -0.4 is 5.32 Å². The molecule has 0 radical (unpaired) electrons. The van der Waals surface area contributed by atoms with Gasteiger partial charge in [-0.25, -0.2) is 18.7 Å². The summed E-state index contributed by atoms with van der Waals surface area (Å²) in [4.78, 5) is 15.5. The van der Waals surface area contributed by atoms with Crippen molar-refractivity contribution in [3.8, 4) is 11.3 Å². The van der Waals surface area contributed by atoms with Gasteiger partial charge in [0.05, 0.1) is 17.5 Å². The molecule has 4 rings (SSSR count). The first-order valence-corrected chi connectivity index (χ1v) is 8.27. The Labute approximate surface area is 153 Å². The average Bonchev–Trinajstić information content (AvgIpc) is 3.11. The molecule has 27 heavy (non-hydrogen) atoms. The maximum Gasteiger partial charge on any atom is 0.335 e. The van der Waals surface area contributed by atoms with Gasteiger partial charge in [-0.2, -0.15) is 0 Å². The molecule has 0 aliphatic heterocycles. The SMILES string of the molecule is O=C(O)c1cccc(-c2cnc3ccc(NCc4ccc(F)cc4)nn23)c1. The molecule has 4 aromatic rings. The minimum absolute atomic E-state index is 0.202. The highest BCUT2D eigenvalue weighted by Crippen LogP contribution is 2.22. The lowest BCUT2D eigenvalue weighted by atomic mass is 10.1. The summed E-state index contributed by atoms with van der Waals surface area (Å²) >= 11 is 0. The van der Waals surface area contributed by atoms with Gasteiger partial charge in [0.1, 0.15) is 11.6 Å². The first kappa shape index (κ1) is 16.7. The number of imidazole rings is 1. The van der Waals surface area contributed by atoms with Crippen LogP contribution >= 0.6 is 0 Å². The Balaban J connectivity index is 1.64. The monoisotopic (exact) mass is 362 g/mol. The Morgan fingerprint density at radius 3 is 2.70 bits per heavy atom. The molecule has 0 unspecified atom stereocenters. The first-order chi connectivity index (χ1) is 13.1. The molecule has 2 N–H and O–H groups in total. The number of nitrogens with zero attached hydrogens (tertiary/aromatic N) is 3. The molecule has 0 saturated heterocycles. The van der Waals surface area contributed by atoms with E-state index >= 15 is 0 Å². The summed E-state index contributed by atoms with van der Waals surface area (Å²) in [6, 6.07) is 16.5. The minimum Gasteiger partial charge on any atom is -0.478 e. The van der Waals surface area contributed by atoms with Gasteiger partial charge in [-0.15, -0.1) is 5.10 Å². The zero-order chi connectivity index (χ0) is 18.8. The molecule has 0 bridgehead atoms. The summed E-state index contributed by atoms with van der Waals surface area (Å²) in [5.74, 6) is -0.634. The molecule has 0 fully saturated rings. The summed E-state index contributed by atoms with van der Waals surface area (Å²) in [5.41, 5.74) is 3.19. The summed E-state index contributed by atoms with van der Waals surface area (Å²) in [6.45, 7) is 0.497. The fourth-order valence-corrected chi connectivity index (χ4v) is 2.77. The van der Waals surface area contributed by atoms with E-state index in [1.54, 1.807) is 35.0 Å². The van der Waals surface area contributed by atoms with Crippen LogP contribution in [-0.4, -0.2) is 25.7 Å². The van der Waals surface area contributed by atoms with E-state index in [1.165, 1.54) is 18.2 Å². The number of halogens is 1. The van der Waals surface area contributed by atoms with Crippen LogP contribution in [0.2, 0.25) is 0 Å². The van der Waals surface area contributed by atoms with Gasteiger partial charge in [-0.05, 0) is 42.0 Å². The van der Waals surface area contributed by atoms with E-state index in [0.29, 0.717) is 29.3 Å². The molecule has 2 heterocycles. The third-order valence-corrected chi connectivity index (χ3v) is 4.15. The van der Waals surface area contributed by atoms with Crippen molar-refractivity contribution in [2.45, 2.75) is 6.54 Å². The van der Waals surface area contributed by atoms with E-state index in [4.69, 9.17) is 0 Å². The first-order valence-electron chi connectivity index (χ1n) is 8.27. The van der Waals surface area contributed by atoms with Gasteiger partial charge in [0, 0.05) is 12.1 Å². The quantitative estimate of drug-likeness (QED) is 0.564. The molecule has 0 atom stereocenters. The molecule has 0 saturated carbocycles. The Hall–Kier alpha value is -3.74. The Morgan fingerprint density at radius 1 is 1.11 bits per heavy atom. The van der Waals surface area contributed by atoms with Crippen molar-refractivity contribution in [2.75, 3.05) is 5.32 Å². The zero-order valence-corrected chi connectivity index (χ0v) is 14.1. The number of rotatable bonds is 5. The van der Waals surface area contributed by atoms with Crippen molar-refractivity contribution in [2.24, 2.45) is 0 Å². The van der Waals surface area contributed by atoms with Crippen molar-refractivity contribution < 1.29 is 14.3 Å². The van der Waals surface area contributed by atoms with Crippen LogP contribution in [0.4, 0.5) is 10.2 Å². The molecule has 0 aliphatic carbocycles. The van der Waals surface area contributed by atoms with E-state index in [2.05, 4.69) is 15.4 Å². The summed E-state index contributed by atoms with van der Waals surface area (Å²) in [6.07, 6.45) is 1.66. The molecular formula is C20H15FN4O2. The molecule has 6 nitrogen and oxygen atoms in total. The van der Waals surface area contributed by atoms with Crippen LogP contribution in [0.5, 0.6) is 0 Å².